The third-order valence-electron chi connectivity index (χ3n) is 6.34. The van der Waals surface area contributed by atoms with Crippen molar-refractivity contribution < 1.29 is 24.2 Å². The van der Waals surface area contributed by atoms with Crippen molar-refractivity contribution in [2.45, 2.75) is 38.8 Å². The van der Waals surface area contributed by atoms with Crippen LogP contribution < -0.4 is 5.32 Å². The number of carboxylic acid groups (broad SMARTS) is 2. The molecular formula is C28H32N6O5. The maximum absolute atomic E-state index is 9.55. The van der Waals surface area contributed by atoms with Crippen LogP contribution in [0.3, 0.4) is 0 Å². The van der Waals surface area contributed by atoms with Gasteiger partial charge in [0.15, 0.2) is 5.89 Å². The van der Waals surface area contributed by atoms with E-state index >= 15 is 0 Å². The highest BCUT2D eigenvalue weighted by Gasteiger charge is 2.22. The molecule has 0 saturated carbocycles. The van der Waals surface area contributed by atoms with E-state index in [0.29, 0.717) is 30.6 Å². The van der Waals surface area contributed by atoms with Gasteiger partial charge in [-0.25, -0.2) is 19.6 Å². The van der Waals surface area contributed by atoms with Crippen molar-refractivity contribution in [2.24, 2.45) is 0 Å². The maximum Gasteiger partial charge on any atom is 0.328 e. The van der Waals surface area contributed by atoms with Crippen molar-refractivity contribution in [3.05, 3.63) is 84.4 Å². The molecule has 1 aliphatic rings. The molecule has 4 aromatic rings. The Balaban J connectivity index is 0.000000386. The Hall–Kier alpha value is -4.51. The molecule has 39 heavy (non-hydrogen) atoms. The number of para-hydroxylation sites is 2. The maximum atomic E-state index is 9.55. The molecule has 1 aromatic carbocycles. The van der Waals surface area contributed by atoms with Crippen molar-refractivity contribution in [2.75, 3.05) is 25.0 Å². The minimum atomic E-state index is -1.26. The SMILES string of the molecule is Cc1ncc(Cn2c(NC3CCN(CCc4ccccn4)CC3)nc3ccccc32)o1.O=C(O)C=CC(=O)O. The second-order valence-electron chi connectivity index (χ2n) is 9.20. The number of hydrogen-bond donors (Lipinski definition) is 3. The lowest BCUT2D eigenvalue weighted by Gasteiger charge is -2.32. The number of rotatable bonds is 9. The van der Waals surface area contributed by atoms with Crippen molar-refractivity contribution in [3.63, 3.8) is 0 Å². The number of benzene rings is 1. The summed E-state index contributed by atoms with van der Waals surface area (Å²) in [6.07, 6.45) is 8.00. The van der Waals surface area contributed by atoms with Crippen molar-refractivity contribution in [3.8, 4) is 0 Å². The zero-order valence-electron chi connectivity index (χ0n) is 21.7. The second-order valence-corrected chi connectivity index (χ2v) is 9.20. The largest absolute Gasteiger partial charge is 0.478 e. The van der Waals surface area contributed by atoms with Gasteiger partial charge in [-0.2, -0.15) is 0 Å². The first-order chi connectivity index (χ1) is 18.9. The van der Waals surface area contributed by atoms with Gasteiger partial charge in [-0.1, -0.05) is 18.2 Å². The molecule has 204 valence electrons. The number of likely N-dealkylation sites (tertiary alicyclic amines) is 1. The number of fused-ring (bicyclic) bond motifs is 1. The lowest BCUT2D eigenvalue weighted by Crippen LogP contribution is -2.40. The van der Waals surface area contributed by atoms with Crippen LogP contribution in [0.2, 0.25) is 0 Å². The van der Waals surface area contributed by atoms with Crippen LogP contribution in [0.1, 0.15) is 30.2 Å². The lowest BCUT2D eigenvalue weighted by atomic mass is 10.0. The van der Waals surface area contributed by atoms with Crippen molar-refractivity contribution in [1.82, 2.24) is 24.4 Å². The Morgan fingerprint density at radius 1 is 1.05 bits per heavy atom. The number of hydrogen-bond acceptors (Lipinski definition) is 8. The predicted molar refractivity (Wildman–Crippen MR) is 146 cm³/mol. The highest BCUT2D eigenvalue weighted by Crippen LogP contribution is 2.24. The van der Waals surface area contributed by atoms with E-state index in [1.54, 1.807) is 6.20 Å². The molecule has 0 aliphatic carbocycles. The number of oxazole rings is 1. The predicted octanol–water partition coefficient (Wildman–Crippen LogP) is 3.61. The highest BCUT2D eigenvalue weighted by atomic mass is 16.4. The van der Waals surface area contributed by atoms with Crippen LogP contribution in [-0.2, 0) is 22.6 Å². The van der Waals surface area contributed by atoms with Gasteiger partial charge in [0.1, 0.15) is 5.76 Å². The monoisotopic (exact) mass is 532 g/mol. The van der Waals surface area contributed by atoms with Crippen LogP contribution in [0.4, 0.5) is 5.95 Å². The summed E-state index contributed by atoms with van der Waals surface area (Å²) in [5.41, 5.74) is 3.26. The van der Waals surface area contributed by atoms with E-state index in [1.165, 1.54) is 5.69 Å². The fourth-order valence-corrected chi connectivity index (χ4v) is 4.42. The smallest absolute Gasteiger partial charge is 0.328 e. The van der Waals surface area contributed by atoms with Crippen molar-refractivity contribution in [1.29, 1.82) is 0 Å². The van der Waals surface area contributed by atoms with Crippen LogP contribution in [0.25, 0.3) is 11.0 Å². The van der Waals surface area contributed by atoms with Crippen LogP contribution in [0.5, 0.6) is 0 Å². The molecule has 1 saturated heterocycles. The van der Waals surface area contributed by atoms with Gasteiger partial charge in [-0.3, -0.25) is 4.98 Å². The van der Waals surface area contributed by atoms with Gasteiger partial charge in [0.05, 0.1) is 23.8 Å². The normalized spacial score (nSPS) is 14.3. The quantitative estimate of drug-likeness (QED) is 0.273. The molecule has 1 aliphatic heterocycles. The molecule has 3 N–H and O–H groups in total. The molecule has 0 radical (unpaired) electrons. The average Bonchev–Trinajstić information content (AvgIpc) is 3.51. The molecular weight excluding hydrogens is 500 g/mol. The molecule has 1 fully saturated rings. The van der Waals surface area contributed by atoms with E-state index in [2.05, 4.69) is 55.1 Å². The summed E-state index contributed by atoms with van der Waals surface area (Å²) in [5, 5.41) is 19.3. The number of aromatic nitrogens is 4. The molecule has 0 amide bonds. The summed E-state index contributed by atoms with van der Waals surface area (Å²) in [4.78, 5) is 35.2. The number of aliphatic carboxylic acids is 2. The van der Waals surface area contributed by atoms with E-state index in [1.807, 2.05) is 25.3 Å². The Bertz CT molecular complexity index is 1390. The zero-order chi connectivity index (χ0) is 27.6. The summed E-state index contributed by atoms with van der Waals surface area (Å²) in [6, 6.07) is 14.8. The second kappa shape index (κ2) is 13.3. The highest BCUT2D eigenvalue weighted by molar-refractivity contribution is 5.89. The summed E-state index contributed by atoms with van der Waals surface area (Å²) < 4.78 is 7.93. The van der Waals surface area contributed by atoms with Crippen LogP contribution in [-0.4, -0.2) is 72.2 Å². The third kappa shape index (κ3) is 8.24. The van der Waals surface area contributed by atoms with E-state index < -0.39 is 11.9 Å². The first-order valence-corrected chi connectivity index (χ1v) is 12.8. The van der Waals surface area contributed by atoms with Gasteiger partial charge in [-0.15, -0.1) is 0 Å². The fraction of sp³-hybridized carbons (Fsp3) is 0.321. The van der Waals surface area contributed by atoms with Crippen LogP contribution >= 0.6 is 0 Å². The molecule has 0 spiro atoms. The number of pyridine rings is 1. The number of carboxylic acids is 2. The molecule has 11 nitrogen and oxygen atoms in total. The molecule has 11 heteroatoms. The van der Waals surface area contributed by atoms with Gasteiger partial charge in [-0.05, 0) is 37.1 Å². The number of nitrogens with zero attached hydrogens (tertiary/aromatic N) is 5. The molecule has 0 atom stereocenters. The number of imidazole rings is 1. The van der Waals surface area contributed by atoms with E-state index in [0.717, 1.165) is 61.6 Å². The Morgan fingerprint density at radius 2 is 1.77 bits per heavy atom. The minimum Gasteiger partial charge on any atom is -0.478 e. The summed E-state index contributed by atoms with van der Waals surface area (Å²) in [5.74, 6) is -0.0814. The van der Waals surface area contributed by atoms with Gasteiger partial charge in [0.2, 0.25) is 5.95 Å². The molecule has 3 aromatic heterocycles. The Kier molecular flexibility index (Phi) is 9.41. The van der Waals surface area contributed by atoms with Crippen molar-refractivity contribution >= 4 is 28.9 Å². The van der Waals surface area contributed by atoms with Crippen LogP contribution in [0, 0.1) is 6.92 Å². The topological polar surface area (TPSA) is 147 Å². The zero-order valence-corrected chi connectivity index (χ0v) is 21.7. The van der Waals surface area contributed by atoms with Crippen LogP contribution in [0.15, 0.2) is 71.4 Å². The minimum absolute atomic E-state index is 0.415. The number of carbonyl (C=O) groups is 2. The first kappa shape index (κ1) is 27.5. The molecule has 0 bridgehead atoms. The number of nitrogens with one attached hydrogen (secondary N) is 1. The van der Waals surface area contributed by atoms with Gasteiger partial charge in [0, 0.05) is 63.1 Å². The lowest BCUT2D eigenvalue weighted by molar-refractivity contribution is -0.134. The number of aryl methyl sites for hydroxylation is 1. The standard InChI is InChI=1S/C24H28N6O.C4H4O4/c1-18-26-16-21(31-18)17-30-23-8-3-2-7-22(23)28-24(30)27-20-10-14-29(15-11-20)13-9-19-6-4-5-12-25-19;5-3(6)1-2-4(7)8/h2-8,12,16,20H,9-11,13-15,17H2,1H3,(H,27,28);1-2H,(H,5,6)(H,7,8). The third-order valence-corrected chi connectivity index (χ3v) is 6.34. The number of piperidine rings is 1. The summed E-state index contributed by atoms with van der Waals surface area (Å²) >= 11 is 0. The Labute approximate surface area is 225 Å². The molecule has 4 heterocycles. The van der Waals surface area contributed by atoms with Gasteiger partial charge in [0.25, 0.3) is 0 Å². The first-order valence-electron chi connectivity index (χ1n) is 12.8. The fourth-order valence-electron chi connectivity index (χ4n) is 4.42. The Morgan fingerprint density at radius 3 is 2.41 bits per heavy atom. The molecule has 5 rings (SSSR count). The van der Waals surface area contributed by atoms with Gasteiger partial charge >= 0.3 is 11.9 Å². The van der Waals surface area contributed by atoms with Gasteiger partial charge < -0.3 is 29.4 Å². The molecule has 0 unspecified atom stereocenters. The van der Waals surface area contributed by atoms with E-state index in [9.17, 15) is 9.59 Å². The summed E-state index contributed by atoms with van der Waals surface area (Å²) in [6.45, 7) is 5.73. The number of anilines is 1. The van der Waals surface area contributed by atoms with E-state index in [-0.39, 0.29) is 0 Å². The van der Waals surface area contributed by atoms with E-state index in [4.69, 9.17) is 19.6 Å². The average molecular weight is 533 g/mol. The summed E-state index contributed by atoms with van der Waals surface area (Å²) in [7, 11) is 0.